The molecular weight excluding hydrogens is 202 g/mol. The van der Waals surface area contributed by atoms with Crippen molar-refractivity contribution in [3.8, 4) is 0 Å². The van der Waals surface area contributed by atoms with E-state index in [0.29, 0.717) is 11.6 Å². The van der Waals surface area contributed by atoms with Crippen LogP contribution in [-0.2, 0) is 14.7 Å². The summed E-state index contributed by atoms with van der Waals surface area (Å²) in [7, 11) is 1.33. The number of carbonyl (C=O) groups excluding carboxylic acids is 1. The lowest BCUT2D eigenvalue weighted by Gasteiger charge is -2.07. The predicted octanol–water partition coefficient (Wildman–Crippen LogP) is 1.91. The molecule has 0 amide bonds. The molecule has 2 atom stereocenters. The van der Waals surface area contributed by atoms with E-state index in [2.05, 4.69) is 17.3 Å². The van der Waals surface area contributed by atoms with Crippen molar-refractivity contribution in [3.63, 3.8) is 0 Å². The number of nitrogens with zero attached hydrogens (tertiary/aromatic N) is 1. The summed E-state index contributed by atoms with van der Waals surface area (Å²) in [5, 5.41) is 2.26. The van der Waals surface area contributed by atoms with Crippen LogP contribution < -0.4 is 0 Å². The summed E-state index contributed by atoms with van der Waals surface area (Å²) >= 11 is 0. The van der Waals surface area contributed by atoms with Gasteiger partial charge in [-0.3, -0.25) is 0 Å². The Morgan fingerprint density at radius 3 is 3.00 bits per heavy atom. The van der Waals surface area contributed by atoms with E-state index < -0.39 is 0 Å². The minimum atomic E-state index is -0.275. The van der Waals surface area contributed by atoms with Gasteiger partial charge in [-0.25, -0.2) is 9.79 Å². The van der Waals surface area contributed by atoms with Crippen molar-refractivity contribution < 1.29 is 4.79 Å². The predicted molar refractivity (Wildman–Crippen MR) is 59.7 cm³/mol. The maximum absolute atomic E-state index is 11.7. The van der Waals surface area contributed by atoms with E-state index in [1.807, 2.05) is 12.3 Å². The summed E-state index contributed by atoms with van der Waals surface area (Å²) in [6.45, 7) is 2.09. The third-order valence-corrected chi connectivity index (χ3v) is 5.34. The Kier molecular flexibility index (Phi) is 2.34. The largest absolute Gasteiger partial charge is 0.398 e. The second-order valence-corrected chi connectivity index (χ2v) is 6.54. The Morgan fingerprint density at radius 2 is 2.38 bits per heavy atom. The van der Waals surface area contributed by atoms with E-state index in [4.69, 9.17) is 0 Å². The van der Waals surface area contributed by atoms with Crippen LogP contribution in [0.4, 0.5) is 0 Å². The Labute approximate surface area is 83.9 Å². The van der Waals surface area contributed by atoms with Gasteiger partial charge >= 0.3 is 5.12 Å². The molecule has 0 fully saturated rings. The van der Waals surface area contributed by atoms with Crippen LogP contribution in [0.15, 0.2) is 28.2 Å². The molecule has 2 aliphatic rings. The molecule has 0 aromatic heterocycles. The van der Waals surface area contributed by atoms with Crippen molar-refractivity contribution in [2.24, 2.45) is 10.9 Å². The number of carbonyl (C=O) groups is 1. The number of aliphatic imine (C=N–C) groups is 1. The smallest absolute Gasteiger partial charge is 0.248 e. The molecule has 0 radical (unpaired) electrons. The summed E-state index contributed by atoms with van der Waals surface area (Å²) in [6, 6.07) is 0. The van der Waals surface area contributed by atoms with Gasteiger partial charge in [0.1, 0.15) is 16.2 Å². The van der Waals surface area contributed by atoms with Gasteiger partial charge in [-0.05, 0) is 0 Å². The van der Waals surface area contributed by atoms with E-state index in [-0.39, 0.29) is 15.0 Å². The highest BCUT2D eigenvalue weighted by Gasteiger charge is 2.44. The van der Waals surface area contributed by atoms with E-state index in [1.165, 1.54) is 0 Å². The highest BCUT2D eigenvalue weighted by atomic mass is 33.1. The Bertz CT molecular complexity index is 344. The average molecular weight is 212 g/mol. The van der Waals surface area contributed by atoms with Crippen molar-refractivity contribution in [2.45, 2.75) is 6.92 Å². The fraction of sp³-hybridized carbons (Fsp3) is 0.333. The van der Waals surface area contributed by atoms with Gasteiger partial charge in [-0.15, -0.1) is 0 Å². The SMILES string of the molecule is CS[S+]1C=C2C(=NC=CC2C)C1=O. The van der Waals surface area contributed by atoms with Crippen molar-refractivity contribution in [1.29, 1.82) is 0 Å². The lowest BCUT2D eigenvalue weighted by molar-refractivity contribution is -0.105. The molecule has 0 saturated carbocycles. The zero-order valence-electron chi connectivity index (χ0n) is 7.48. The molecule has 0 aromatic rings. The summed E-state index contributed by atoms with van der Waals surface area (Å²) in [5.74, 6) is 0.348. The number of fused-ring (bicyclic) bond motifs is 1. The van der Waals surface area contributed by atoms with Crippen molar-refractivity contribution >= 4 is 31.5 Å². The number of rotatable bonds is 1. The van der Waals surface area contributed by atoms with E-state index >= 15 is 0 Å². The topological polar surface area (TPSA) is 29.4 Å². The molecule has 0 spiro atoms. The first kappa shape index (κ1) is 9.09. The zero-order valence-corrected chi connectivity index (χ0v) is 9.11. The van der Waals surface area contributed by atoms with Gasteiger partial charge in [0.15, 0.2) is 15.6 Å². The molecule has 2 aliphatic heterocycles. The van der Waals surface area contributed by atoms with Gasteiger partial charge in [0, 0.05) is 23.9 Å². The van der Waals surface area contributed by atoms with E-state index in [9.17, 15) is 4.79 Å². The Hall–Kier alpha value is -0.480. The first-order chi connectivity index (χ1) is 6.24. The first-order valence-corrected chi connectivity index (χ1v) is 7.05. The first-order valence-electron chi connectivity index (χ1n) is 4.02. The Morgan fingerprint density at radius 1 is 1.62 bits per heavy atom. The summed E-state index contributed by atoms with van der Waals surface area (Å²) in [4.78, 5) is 15.8. The highest BCUT2D eigenvalue weighted by molar-refractivity contribution is 8.81. The molecule has 4 heteroatoms. The summed E-state index contributed by atoms with van der Waals surface area (Å²) in [6.07, 6.45) is 5.73. The quantitative estimate of drug-likeness (QED) is 0.491. The maximum atomic E-state index is 11.7. The van der Waals surface area contributed by atoms with Gasteiger partial charge in [-0.1, -0.05) is 13.0 Å². The van der Waals surface area contributed by atoms with Crippen LogP contribution in [0.1, 0.15) is 6.92 Å². The van der Waals surface area contributed by atoms with Crippen LogP contribution >= 0.6 is 10.8 Å². The van der Waals surface area contributed by atoms with Crippen LogP contribution in [0.3, 0.4) is 0 Å². The molecule has 2 heterocycles. The zero-order chi connectivity index (χ0) is 9.42. The van der Waals surface area contributed by atoms with Gasteiger partial charge in [0.05, 0.1) is 0 Å². The number of hydrogen-bond acceptors (Lipinski definition) is 3. The average Bonchev–Trinajstić information content (AvgIpc) is 2.45. The molecule has 68 valence electrons. The monoisotopic (exact) mass is 212 g/mol. The van der Waals surface area contributed by atoms with Crippen molar-refractivity contribution in [3.05, 3.63) is 23.3 Å². The lowest BCUT2D eigenvalue weighted by Crippen LogP contribution is -2.18. The molecule has 2 nitrogen and oxygen atoms in total. The van der Waals surface area contributed by atoms with Crippen LogP contribution in [-0.4, -0.2) is 17.1 Å². The van der Waals surface area contributed by atoms with Crippen LogP contribution in [0.2, 0.25) is 0 Å². The third kappa shape index (κ3) is 1.38. The van der Waals surface area contributed by atoms with Crippen molar-refractivity contribution in [2.75, 3.05) is 6.26 Å². The minimum Gasteiger partial charge on any atom is -0.248 e. The molecule has 0 bridgehead atoms. The van der Waals surface area contributed by atoms with Gasteiger partial charge in [0.2, 0.25) is 0 Å². The standard InChI is InChI=1S/C9H10NOS2/c1-6-3-4-10-8-7(6)5-13(12-2)9(8)11/h3-6H,1-2H3/q+1. The summed E-state index contributed by atoms with van der Waals surface area (Å²) < 4.78 is 0. The van der Waals surface area contributed by atoms with E-state index in [0.717, 1.165) is 5.57 Å². The Balaban J connectivity index is 2.40. The second kappa shape index (κ2) is 3.35. The van der Waals surface area contributed by atoms with Gasteiger partial charge in [-0.2, -0.15) is 0 Å². The fourth-order valence-corrected chi connectivity index (χ4v) is 3.93. The van der Waals surface area contributed by atoms with Crippen LogP contribution in [0, 0.1) is 5.92 Å². The molecule has 0 saturated heterocycles. The molecule has 0 N–H and O–H groups in total. The summed E-state index contributed by atoms with van der Waals surface area (Å²) in [5.41, 5.74) is 1.80. The maximum Gasteiger partial charge on any atom is 0.398 e. The minimum absolute atomic E-state index is 0.193. The van der Waals surface area contributed by atoms with Crippen LogP contribution in [0.5, 0.6) is 0 Å². The molecule has 0 aliphatic carbocycles. The molecule has 2 unspecified atom stereocenters. The van der Waals surface area contributed by atoms with Gasteiger partial charge in [0.25, 0.3) is 0 Å². The van der Waals surface area contributed by atoms with Gasteiger partial charge < -0.3 is 0 Å². The van der Waals surface area contributed by atoms with Crippen LogP contribution in [0.25, 0.3) is 0 Å². The second-order valence-electron chi connectivity index (χ2n) is 2.93. The fourth-order valence-electron chi connectivity index (χ4n) is 1.36. The molecule has 0 aromatic carbocycles. The highest BCUT2D eigenvalue weighted by Crippen LogP contribution is 2.32. The number of hydrogen-bond donors (Lipinski definition) is 0. The number of allylic oxidation sites excluding steroid dienone is 2. The lowest BCUT2D eigenvalue weighted by atomic mass is 9.97. The molecule has 2 rings (SSSR count). The molecular formula is C9H10NOS2+. The molecule has 13 heavy (non-hydrogen) atoms. The van der Waals surface area contributed by atoms with E-state index in [1.54, 1.807) is 17.0 Å². The third-order valence-electron chi connectivity index (χ3n) is 2.13. The van der Waals surface area contributed by atoms with Crippen molar-refractivity contribution in [1.82, 2.24) is 0 Å². The normalized spacial score (nSPS) is 31.4.